The Bertz CT molecular complexity index is 633. The van der Waals surface area contributed by atoms with Crippen molar-refractivity contribution >= 4 is 11.9 Å². The van der Waals surface area contributed by atoms with Crippen molar-refractivity contribution in [2.45, 2.75) is 38.9 Å². The van der Waals surface area contributed by atoms with Gasteiger partial charge in [0.2, 0.25) is 5.91 Å². The lowest BCUT2D eigenvalue weighted by atomic mass is 10.1. The van der Waals surface area contributed by atoms with Crippen molar-refractivity contribution in [3.05, 3.63) is 35.6 Å². The Balaban J connectivity index is 2.14. The number of benzene rings is 1. The molecule has 0 aliphatic carbocycles. The number of hydrogen-bond donors (Lipinski definition) is 1. The van der Waals surface area contributed by atoms with Gasteiger partial charge in [-0.15, -0.1) is 0 Å². The normalized spacial score (nSPS) is 20.5. The molecule has 1 N–H and O–H groups in total. The Morgan fingerprint density at radius 3 is 2.67 bits per heavy atom. The van der Waals surface area contributed by atoms with Gasteiger partial charge < -0.3 is 19.9 Å². The fourth-order valence-electron chi connectivity index (χ4n) is 2.91. The first kappa shape index (κ1) is 21.2. The van der Waals surface area contributed by atoms with E-state index < -0.39 is 0 Å². The van der Waals surface area contributed by atoms with E-state index in [1.807, 2.05) is 6.92 Å². The van der Waals surface area contributed by atoms with Gasteiger partial charge in [-0.3, -0.25) is 4.79 Å². The first-order chi connectivity index (χ1) is 12.9. The number of guanidine groups is 1. The van der Waals surface area contributed by atoms with E-state index >= 15 is 0 Å². The van der Waals surface area contributed by atoms with Gasteiger partial charge in [0, 0.05) is 27.2 Å². The summed E-state index contributed by atoms with van der Waals surface area (Å²) in [5, 5.41) is 3.38. The number of hydrogen-bond acceptors (Lipinski definition) is 3. The highest BCUT2D eigenvalue weighted by atomic mass is 19.1. The predicted octanol–water partition coefficient (Wildman–Crippen LogP) is 2.42. The van der Waals surface area contributed by atoms with Crippen LogP contribution >= 0.6 is 0 Å². The van der Waals surface area contributed by atoms with Gasteiger partial charge in [-0.1, -0.05) is 25.5 Å². The summed E-state index contributed by atoms with van der Waals surface area (Å²) in [6, 6.07) is 6.42. The molecule has 27 heavy (non-hydrogen) atoms. The number of amides is 1. The molecular weight excluding hydrogens is 347 g/mol. The molecule has 0 aromatic heterocycles. The van der Waals surface area contributed by atoms with Crippen molar-refractivity contribution in [3.8, 4) is 0 Å². The third kappa shape index (κ3) is 6.50. The van der Waals surface area contributed by atoms with E-state index in [4.69, 9.17) is 4.74 Å². The first-order valence-corrected chi connectivity index (χ1v) is 9.55. The Kier molecular flexibility index (Phi) is 8.03. The number of aliphatic imine (C=N–C) groups is 1. The second-order valence-corrected chi connectivity index (χ2v) is 7.10. The van der Waals surface area contributed by atoms with E-state index in [2.05, 4.69) is 22.1 Å². The smallest absolute Gasteiger partial charge is 0.243 e. The molecular formula is C20H31FN4O2. The van der Waals surface area contributed by atoms with Crippen LogP contribution < -0.4 is 5.32 Å². The number of ether oxygens (including phenoxy) is 1. The van der Waals surface area contributed by atoms with Gasteiger partial charge >= 0.3 is 0 Å². The van der Waals surface area contributed by atoms with E-state index in [9.17, 15) is 9.18 Å². The molecule has 1 heterocycles. The minimum absolute atomic E-state index is 0.00321. The van der Waals surface area contributed by atoms with Gasteiger partial charge in [-0.05, 0) is 31.0 Å². The van der Waals surface area contributed by atoms with Crippen LogP contribution in [0.2, 0.25) is 0 Å². The van der Waals surface area contributed by atoms with E-state index in [0.29, 0.717) is 13.1 Å². The maximum atomic E-state index is 13.2. The second-order valence-electron chi connectivity index (χ2n) is 7.10. The van der Waals surface area contributed by atoms with Crippen molar-refractivity contribution in [2.75, 3.05) is 40.3 Å². The van der Waals surface area contributed by atoms with Gasteiger partial charge in [0.1, 0.15) is 18.5 Å². The molecule has 0 saturated carbocycles. The van der Waals surface area contributed by atoms with Crippen molar-refractivity contribution in [3.63, 3.8) is 0 Å². The Hall–Kier alpha value is -2.15. The van der Waals surface area contributed by atoms with Crippen molar-refractivity contribution in [2.24, 2.45) is 4.99 Å². The third-order valence-corrected chi connectivity index (χ3v) is 4.48. The summed E-state index contributed by atoms with van der Waals surface area (Å²) >= 11 is 0. The van der Waals surface area contributed by atoms with E-state index in [-0.39, 0.29) is 30.5 Å². The number of morpholine rings is 1. The molecule has 6 nitrogen and oxygen atoms in total. The number of halogens is 1. The van der Waals surface area contributed by atoms with Gasteiger partial charge in [-0.2, -0.15) is 0 Å². The van der Waals surface area contributed by atoms with Crippen molar-refractivity contribution in [1.82, 2.24) is 15.1 Å². The number of likely N-dealkylation sites (N-methyl/N-ethyl adjacent to an activating group) is 1. The summed E-state index contributed by atoms with van der Waals surface area (Å²) in [5.74, 6) is 0.423. The molecule has 1 aromatic rings. The molecule has 1 saturated heterocycles. The zero-order valence-electron chi connectivity index (χ0n) is 16.7. The Labute approximate surface area is 161 Å². The van der Waals surface area contributed by atoms with Crippen molar-refractivity contribution in [1.29, 1.82) is 0 Å². The number of nitrogens with zero attached hydrogens (tertiary/aromatic N) is 3. The standard InChI is InChI=1S/C20H31FN4O2/c1-5-6-11-22-20(23-12-19(26)24(3)4)25-13-15(2)27-18(14-25)16-7-9-17(21)10-8-16/h7-10,15,18H,5-6,11-14H2,1-4H3,(H,22,23). The van der Waals surface area contributed by atoms with E-state index in [1.54, 1.807) is 26.2 Å². The topological polar surface area (TPSA) is 57.2 Å². The molecule has 2 atom stereocenters. The van der Waals surface area contributed by atoms with E-state index in [0.717, 1.165) is 30.9 Å². The highest BCUT2D eigenvalue weighted by molar-refractivity contribution is 5.85. The summed E-state index contributed by atoms with van der Waals surface area (Å²) in [6.07, 6.45) is 1.94. The lowest BCUT2D eigenvalue weighted by Gasteiger charge is -2.39. The molecule has 7 heteroatoms. The lowest BCUT2D eigenvalue weighted by molar-refractivity contribution is -0.127. The monoisotopic (exact) mass is 378 g/mol. The number of unbranched alkanes of at least 4 members (excludes halogenated alkanes) is 1. The minimum atomic E-state index is -0.259. The summed E-state index contributed by atoms with van der Waals surface area (Å²) in [4.78, 5) is 20.2. The molecule has 0 bridgehead atoms. The molecule has 150 valence electrons. The SMILES string of the molecule is CCCCNC(=NCC(=O)N(C)C)N1CC(C)OC(c2ccc(F)cc2)C1. The van der Waals surface area contributed by atoms with Gasteiger partial charge in [0.15, 0.2) is 5.96 Å². The van der Waals surface area contributed by atoms with Crippen LogP contribution in [0.4, 0.5) is 4.39 Å². The largest absolute Gasteiger partial charge is 0.367 e. The molecule has 1 aromatic carbocycles. The quantitative estimate of drug-likeness (QED) is 0.469. The van der Waals surface area contributed by atoms with Crippen LogP contribution in [0, 0.1) is 5.82 Å². The summed E-state index contributed by atoms with van der Waals surface area (Å²) in [7, 11) is 3.45. The average Bonchev–Trinajstić information content (AvgIpc) is 2.64. The van der Waals surface area contributed by atoms with Gasteiger partial charge in [-0.25, -0.2) is 9.38 Å². The zero-order chi connectivity index (χ0) is 19.8. The minimum Gasteiger partial charge on any atom is -0.367 e. The lowest BCUT2D eigenvalue weighted by Crippen LogP contribution is -2.51. The van der Waals surface area contributed by atoms with Gasteiger partial charge in [0.05, 0.1) is 12.6 Å². The first-order valence-electron chi connectivity index (χ1n) is 9.55. The van der Waals surface area contributed by atoms with Crippen LogP contribution in [-0.2, 0) is 9.53 Å². The summed E-state index contributed by atoms with van der Waals surface area (Å²) in [6.45, 7) is 6.34. The average molecular weight is 378 g/mol. The summed E-state index contributed by atoms with van der Waals surface area (Å²) < 4.78 is 19.3. The predicted molar refractivity (Wildman–Crippen MR) is 105 cm³/mol. The Morgan fingerprint density at radius 2 is 2.04 bits per heavy atom. The second kappa shape index (κ2) is 10.3. The van der Waals surface area contributed by atoms with Crippen LogP contribution in [0.1, 0.15) is 38.4 Å². The maximum absolute atomic E-state index is 13.2. The molecule has 2 rings (SSSR count). The molecule has 2 unspecified atom stereocenters. The van der Waals surface area contributed by atoms with Crippen LogP contribution in [0.5, 0.6) is 0 Å². The molecule has 1 amide bonds. The van der Waals surface area contributed by atoms with E-state index in [1.165, 1.54) is 17.0 Å². The van der Waals surface area contributed by atoms with Crippen LogP contribution in [-0.4, -0.2) is 68.0 Å². The van der Waals surface area contributed by atoms with Crippen molar-refractivity contribution < 1.29 is 13.9 Å². The third-order valence-electron chi connectivity index (χ3n) is 4.48. The van der Waals surface area contributed by atoms with Crippen LogP contribution in [0.3, 0.4) is 0 Å². The molecule has 0 radical (unpaired) electrons. The molecule has 1 fully saturated rings. The van der Waals surface area contributed by atoms with Gasteiger partial charge in [0.25, 0.3) is 0 Å². The van der Waals surface area contributed by atoms with Crippen LogP contribution in [0.25, 0.3) is 0 Å². The number of rotatable bonds is 6. The summed E-state index contributed by atoms with van der Waals surface area (Å²) in [5.41, 5.74) is 0.935. The Morgan fingerprint density at radius 1 is 1.33 bits per heavy atom. The highest BCUT2D eigenvalue weighted by Gasteiger charge is 2.28. The number of carbonyl (C=O) groups is 1. The zero-order valence-corrected chi connectivity index (χ0v) is 16.7. The number of carbonyl (C=O) groups excluding carboxylic acids is 1. The number of nitrogens with one attached hydrogen (secondary N) is 1. The molecule has 0 spiro atoms. The van der Waals surface area contributed by atoms with Crippen LogP contribution in [0.15, 0.2) is 29.3 Å². The fourth-order valence-corrected chi connectivity index (χ4v) is 2.91. The molecule has 1 aliphatic heterocycles. The molecule has 1 aliphatic rings. The highest BCUT2D eigenvalue weighted by Crippen LogP contribution is 2.25. The fraction of sp³-hybridized carbons (Fsp3) is 0.600. The maximum Gasteiger partial charge on any atom is 0.243 e.